The Hall–Kier alpha value is -1.70. The van der Waals surface area contributed by atoms with E-state index in [-0.39, 0.29) is 5.91 Å². The van der Waals surface area contributed by atoms with Crippen molar-refractivity contribution in [3.05, 3.63) is 40.5 Å². The maximum atomic E-state index is 12.1. The van der Waals surface area contributed by atoms with E-state index in [0.717, 1.165) is 35.2 Å². The summed E-state index contributed by atoms with van der Waals surface area (Å²) in [6, 6.07) is 5.87. The first-order chi connectivity index (χ1) is 8.60. The molecule has 2 rings (SSSR count). The van der Waals surface area contributed by atoms with Crippen molar-refractivity contribution in [2.24, 2.45) is 4.99 Å². The van der Waals surface area contributed by atoms with Gasteiger partial charge in [0.15, 0.2) is 0 Å². The second-order valence-corrected chi connectivity index (χ2v) is 4.72. The van der Waals surface area contributed by atoms with Crippen molar-refractivity contribution in [2.45, 2.75) is 40.5 Å². The average Bonchev–Trinajstić information content (AvgIpc) is 2.38. The Morgan fingerprint density at radius 1 is 1.28 bits per heavy atom. The Bertz CT molecular complexity index is 564. The Labute approximate surface area is 108 Å². The van der Waals surface area contributed by atoms with E-state index < -0.39 is 0 Å². The molecule has 2 heteroatoms. The van der Waals surface area contributed by atoms with Gasteiger partial charge in [-0.05, 0) is 43.9 Å². The molecule has 1 aliphatic rings. The van der Waals surface area contributed by atoms with Gasteiger partial charge in [-0.3, -0.25) is 4.79 Å². The number of rotatable bonds is 2. The summed E-state index contributed by atoms with van der Waals surface area (Å²) in [5.41, 5.74) is 6.42. The maximum Gasteiger partial charge on any atom is 0.277 e. The Balaban J connectivity index is 2.79. The number of aryl methyl sites for hydroxylation is 1. The van der Waals surface area contributed by atoms with E-state index >= 15 is 0 Å². The molecule has 0 fully saturated rings. The number of carbonyl (C=O) groups excluding carboxylic acids is 1. The van der Waals surface area contributed by atoms with Gasteiger partial charge < -0.3 is 0 Å². The number of nitrogens with zero attached hydrogens (tertiary/aromatic N) is 1. The van der Waals surface area contributed by atoms with Gasteiger partial charge in [0.25, 0.3) is 5.91 Å². The Morgan fingerprint density at radius 3 is 2.61 bits per heavy atom. The van der Waals surface area contributed by atoms with E-state index in [2.05, 4.69) is 38.8 Å². The third-order valence-electron chi connectivity index (χ3n) is 3.57. The number of fused-ring (bicyclic) bond motifs is 1. The number of allylic oxidation sites excluding steroid dienone is 2. The SMILES string of the molecule is CCC1=NC(=O)c2cccc(C)c2/C1=C(\C)CC. The number of hydrogen-bond acceptors (Lipinski definition) is 1. The topological polar surface area (TPSA) is 29.4 Å². The van der Waals surface area contributed by atoms with Crippen LogP contribution < -0.4 is 0 Å². The predicted molar refractivity (Wildman–Crippen MR) is 76.1 cm³/mol. The molecular formula is C16H19NO. The molecule has 0 aliphatic carbocycles. The quantitative estimate of drug-likeness (QED) is 0.763. The van der Waals surface area contributed by atoms with Crippen LogP contribution in [0, 0.1) is 6.92 Å². The van der Waals surface area contributed by atoms with Gasteiger partial charge >= 0.3 is 0 Å². The van der Waals surface area contributed by atoms with Crippen molar-refractivity contribution in [1.82, 2.24) is 0 Å². The highest BCUT2D eigenvalue weighted by Gasteiger charge is 2.25. The Kier molecular flexibility index (Phi) is 3.46. The largest absolute Gasteiger partial charge is 0.277 e. The molecule has 0 saturated carbocycles. The fraction of sp³-hybridized carbons (Fsp3) is 0.375. The molecule has 1 aromatic rings. The van der Waals surface area contributed by atoms with E-state index in [0.29, 0.717) is 0 Å². The van der Waals surface area contributed by atoms with Gasteiger partial charge in [0.2, 0.25) is 0 Å². The van der Waals surface area contributed by atoms with Gasteiger partial charge in [0.05, 0.1) is 5.71 Å². The highest BCUT2D eigenvalue weighted by Crippen LogP contribution is 2.33. The van der Waals surface area contributed by atoms with Crippen LogP contribution in [0.3, 0.4) is 0 Å². The number of aliphatic imine (C=N–C) groups is 1. The second-order valence-electron chi connectivity index (χ2n) is 4.72. The summed E-state index contributed by atoms with van der Waals surface area (Å²) in [4.78, 5) is 16.3. The minimum atomic E-state index is -0.0989. The second kappa shape index (κ2) is 4.89. The highest BCUT2D eigenvalue weighted by molar-refractivity contribution is 6.32. The molecule has 0 atom stereocenters. The van der Waals surface area contributed by atoms with Gasteiger partial charge in [0, 0.05) is 11.1 Å². The van der Waals surface area contributed by atoms with E-state index in [9.17, 15) is 4.79 Å². The normalized spacial score (nSPS) is 17.3. The number of benzene rings is 1. The first kappa shape index (κ1) is 12.7. The van der Waals surface area contributed by atoms with Crippen LogP contribution in [0.1, 0.15) is 55.1 Å². The van der Waals surface area contributed by atoms with Crippen molar-refractivity contribution < 1.29 is 4.79 Å². The molecule has 0 spiro atoms. The molecule has 2 nitrogen and oxygen atoms in total. The fourth-order valence-corrected chi connectivity index (χ4v) is 2.45. The van der Waals surface area contributed by atoms with Gasteiger partial charge in [-0.15, -0.1) is 0 Å². The zero-order valence-corrected chi connectivity index (χ0v) is 11.5. The van der Waals surface area contributed by atoms with Crippen LogP contribution in [0.15, 0.2) is 28.8 Å². The maximum absolute atomic E-state index is 12.1. The first-order valence-corrected chi connectivity index (χ1v) is 6.52. The van der Waals surface area contributed by atoms with Crippen LogP contribution in [-0.4, -0.2) is 11.6 Å². The van der Waals surface area contributed by atoms with Crippen LogP contribution in [0.4, 0.5) is 0 Å². The lowest BCUT2D eigenvalue weighted by atomic mass is 9.85. The van der Waals surface area contributed by atoms with Crippen molar-refractivity contribution in [1.29, 1.82) is 0 Å². The molecule has 0 radical (unpaired) electrons. The molecule has 0 N–H and O–H groups in total. The zero-order valence-electron chi connectivity index (χ0n) is 11.5. The number of carbonyl (C=O) groups is 1. The standard InChI is InChI=1S/C16H19NO/c1-5-10(3)15-13(6-2)17-16(18)12-9-7-8-11(4)14(12)15/h7-9H,5-6H2,1-4H3/b15-10+. The minimum Gasteiger partial charge on any atom is -0.267 e. The van der Waals surface area contributed by atoms with Crippen molar-refractivity contribution in [3.8, 4) is 0 Å². The van der Waals surface area contributed by atoms with E-state index in [4.69, 9.17) is 0 Å². The summed E-state index contributed by atoms with van der Waals surface area (Å²) in [6.07, 6.45) is 1.78. The molecule has 0 bridgehead atoms. The fourth-order valence-electron chi connectivity index (χ4n) is 2.45. The summed E-state index contributed by atoms with van der Waals surface area (Å²) in [6.45, 7) is 8.39. The lowest BCUT2D eigenvalue weighted by molar-refractivity contribution is 0.100. The first-order valence-electron chi connectivity index (χ1n) is 6.52. The van der Waals surface area contributed by atoms with Crippen LogP contribution in [0.2, 0.25) is 0 Å². The lowest BCUT2D eigenvalue weighted by Gasteiger charge is -2.22. The van der Waals surface area contributed by atoms with Gasteiger partial charge in [0.1, 0.15) is 0 Å². The lowest BCUT2D eigenvalue weighted by Crippen LogP contribution is -2.17. The van der Waals surface area contributed by atoms with Crippen LogP contribution in [0.5, 0.6) is 0 Å². The molecule has 94 valence electrons. The van der Waals surface area contributed by atoms with Crippen LogP contribution in [-0.2, 0) is 0 Å². The van der Waals surface area contributed by atoms with Crippen LogP contribution >= 0.6 is 0 Å². The number of amides is 1. The monoisotopic (exact) mass is 241 g/mol. The van der Waals surface area contributed by atoms with Crippen molar-refractivity contribution in [2.75, 3.05) is 0 Å². The van der Waals surface area contributed by atoms with E-state index in [1.807, 2.05) is 12.1 Å². The number of hydrogen-bond donors (Lipinski definition) is 0. The molecule has 0 unspecified atom stereocenters. The highest BCUT2D eigenvalue weighted by atomic mass is 16.1. The average molecular weight is 241 g/mol. The molecule has 0 saturated heterocycles. The third-order valence-corrected chi connectivity index (χ3v) is 3.57. The zero-order chi connectivity index (χ0) is 13.3. The summed E-state index contributed by atoms with van der Waals surface area (Å²) in [7, 11) is 0. The molecule has 0 aromatic heterocycles. The summed E-state index contributed by atoms with van der Waals surface area (Å²) < 4.78 is 0. The predicted octanol–water partition coefficient (Wildman–Crippen LogP) is 4.18. The Morgan fingerprint density at radius 2 is 2.00 bits per heavy atom. The van der Waals surface area contributed by atoms with Crippen molar-refractivity contribution >= 4 is 17.2 Å². The van der Waals surface area contributed by atoms with Gasteiger partial charge in [-0.2, -0.15) is 0 Å². The molecule has 1 aromatic carbocycles. The smallest absolute Gasteiger partial charge is 0.267 e. The summed E-state index contributed by atoms with van der Waals surface area (Å²) in [5, 5.41) is 0. The molecular weight excluding hydrogens is 222 g/mol. The summed E-state index contributed by atoms with van der Waals surface area (Å²) in [5.74, 6) is -0.0989. The van der Waals surface area contributed by atoms with E-state index in [1.165, 1.54) is 11.1 Å². The van der Waals surface area contributed by atoms with Crippen LogP contribution in [0.25, 0.3) is 5.57 Å². The van der Waals surface area contributed by atoms with Crippen molar-refractivity contribution in [3.63, 3.8) is 0 Å². The summed E-state index contributed by atoms with van der Waals surface area (Å²) >= 11 is 0. The molecule has 1 heterocycles. The molecule has 1 aliphatic heterocycles. The van der Waals surface area contributed by atoms with Gasteiger partial charge in [-0.1, -0.05) is 31.6 Å². The van der Waals surface area contributed by atoms with E-state index in [1.54, 1.807) is 0 Å². The molecule has 18 heavy (non-hydrogen) atoms. The minimum absolute atomic E-state index is 0.0989. The van der Waals surface area contributed by atoms with Gasteiger partial charge in [-0.25, -0.2) is 4.99 Å². The molecule has 1 amide bonds. The third kappa shape index (κ3) is 1.92.